The molecule has 3 aromatic rings. The molecule has 0 fully saturated rings. The molecule has 6 nitrogen and oxygen atoms in total. The van der Waals surface area contributed by atoms with Crippen LogP contribution in [0, 0.1) is 10.1 Å². The molecule has 3 aromatic carbocycles. The second kappa shape index (κ2) is 6.84. The number of benzene rings is 3. The van der Waals surface area contributed by atoms with Gasteiger partial charge < -0.3 is 10.4 Å². The summed E-state index contributed by atoms with van der Waals surface area (Å²) in [6, 6.07) is 21.1. The van der Waals surface area contributed by atoms with Crippen LogP contribution in [0.4, 0.5) is 17.1 Å². The lowest BCUT2D eigenvalue weighted by molar-refractivity contribution is -0.384. The first-order valence-corrected chi connectivity index (χ1v) is 7.49. The molecule has 25 heavy (non-hydrogen) atoms. The molecule has 0 aromatic heterocycles. The van der Waals surface area contributed by atoms with Crippen molar-refractivity contribution in [3.63, 3.8) is 0 Å². The van der Waals surface area contributed by atoms with E-state index in [1.807, 2.05) is 54.6 Å². The van der Waals surface area contributed by atoms with Crippen LogP contribution >= 0.6 is 0 Å². The van der Waals surface area contributed by atoms with Crippen LogP contribution < -0.4 is 5.32 Å². The summed E-state index contributed by atoms with van der Waals surface area (Å²) in [5.41, 5.74) is 2.69. The number of nitro groups is 1. The van der Waals surface area contributed by atoms with Crippen LogP contribution in [-0.2, 0) is 0 Å². The number of non-ortho nitro benzene ring substituents is 1. The highest BCUT2D eigenvalue weighted by Gasteiger charge is 2.16. The molecule has 0 atom stereocenters. The normalized spacial score (nSPS) is 10.2. The quantitative estimate of drug-likeness (QED) is 0.521. The molecule has 0 heterocycles. The zero-order chi connectivity index (χ0) is 17.8. The number of aromatic carboxylic acids is 1. The first-order chi connectivity index (χ1) is 12.0. The Kier molecular flexibility index (Phi) is 4.43. The van der Waals surface area contributed by atoms with Gasteiger partial charge in [-0.25, -0.2) is 4.79 Å². The van der Waals surface area contributed by atoms with Gasteiger partial charge in [0.25, 0.3) is 5.69 Å². The molecule has 0 aliphatic carbocycles. The van der Waals surface area contributed by atoms with Gasteiger partial charge in [0.2, 0.25) is 0 Å². The summed E-state index contributed by atoms with van der Waals surface area (Å²) in [6.07, 6.45) is 0. The number of hydrogen-bond acceptors (Lipinski definition) is 4. The van der Waals surface area contributed by atoms with E-state index < -0.39 is 10.9 Å². The van der Waals surface area contributed by atoms with Gasteiger partial charge in [-0.15, -0.1) is 0 Å². The molecule has 6 heteroatoms. The fourth-order valence-corrected chi connectivity index (χ4v) is 2.46. The van der Waals surface area contributed by atoms with E-state index in [0.29, 0.717) is 11.4 Å². The average Bonchev–Trinajstić information content (AvgIpc) is 2.63. The van der Waals surface area contributed by atoms with Gasteiger partial charge in [-0.05, 0) is 29.3 Å². The highest BCUT2D eigenvalue weighted by atomic mass is 16.6. The third-order valence-electron chi connectivity index (χ3n) is 3.72. The topological polar surface area (TPSA) is 92.5 Å². The summed E-state index contributed by atoms with van der Waals surface area (Å²) in [6.45, 7) is 0. The van der Waals surface area contributed by atoms with Crippen molar-refractivity contribution < 1.29 is 14.8 Å². The molecule has 2 N–H and O–H groups in total. The van der Waals surface area contributed by atoms with Gasteiger partial charge in [0.15, 0.2) is 0 Å². The molecule has 0 aliphatic heterocycles. The lowest BCUT2D eigenvalue weighted by atomic mass is 10.1. The van der Waals surface area contributed by atoms with E-state index in [2.05, 4.69) is 5.32 Å². The van der Waals surface area contributed by atoms with Crippen molar-refractivity contribution in [3.05, 3.63) is 88.5 Å². The Morgan fingerprint density at radius 1 is 0.920 bits per heavy atom. The fraction of sp³-hybridized carbons (Fsp3) is 0. The van der Waals surface area contributed by atoms with Gasteiger partial charge in [-0.1, -0.05) is 42.5 Å². The third kappa shape index (κ3) is 3.64. The predicted molar refractivity (Wildman–Crippen MR) is 95.2 cm³/mol. The van der Waals surface area contributed by atoms with Crippen LogP contribution in [0.2, 0.25) is 0 Å². The van der Waals surface area contributed by atoms with E-state index >= 15 is 0 Å². The molecular formula is C19H14N2O4. The average molecular weight is 334 g/mol. The van der Waals surface area contributed by atoms with Crippen LogP contribution in [0.1, 0.15) is 10.4 Å². The van der Waals surface area contributed by atoms with Crippen LogP contribution in [0.25, 0.3) is 11.1 Å². The van der Waals surface area contributed by atoms with Crippen LogP contribution in [0.3, 0.4) is 0 Å². The first-order valence-electron chi connectivity index (χ1n) is 7.49. The van der Waals surface area contributed by atoms with Gasteiger partial charge in [0.1, 0.15) is 0 Å². The number of hydrogen-bond donors (Lipinski definition) is 2. The lowest BCUT2D eigenvalue weighted by Crippen LogP contribution is -2.04. The summed E-state index contributed by atoms with van der Waals surface area (Å²) >= 11 is 0. The molecule has 0 aliphatic rings. The second-order valence-corrected chi connectivity index (χ2v) is 5.36. The molecule has 124 valence electrons. The zero-order valence-electron chi connectivity index (χ0n) is 13.0. The molecular weight excluding hydrogens is 320 g/mol. The Balaban J connectivity index is 1.87. The Morgan fingerprint density at radius 2 is 1.56 bits per heavy atom. The van der Waals surface area contributed by atoms with Crippen LogP contribution in [-0.4, -0.2) is 16.0 Å². The number of carboxylic acids is 1. The monoisotopic (exact) mass is 334 g/mol. The van der Waals surface area contributed by atoms with Gasteiger partial charge in [-0.3, -0.25) is 10.1 Å². The Bertz CT molecular complexity index is 922. The minimum atomic E-state index is -1.23. The minimum absolute atomic E-state index is 0.152. The maximum atomic E-state index is 11.4. The van der Waals surface area contributed by atoms with Gasteiger partial charge in [0, 0.05) is 17.8 Å². The molecule has 3 rings (SSSR count). The molecule has 0 radical (unpaired) electrons. The number of nitro benzene ring substituents is 1. The Hall–Kier alpha value is -3.67. The van der Waals surface area contributed by atoms with E-state index in [4.69, 9.17) is 0 Å². The van der Waals surface area contributed by atoms with E-state index in [1.165, 1.54) is 12.1 Å². The summed E-state index contributed by atoms with van der Waals surface area (Å²) in [4.78, 5) is 21.6. The van der Waals surface area contributed by atoms with Gasteiger partial charge in [0.05, 0.1) is 16.2 Å². The smallest absolute Gasteiger partial charge is 0.338 e. The molecule has 0 saturated carbocycles. The number of carboxylic acid groups (broad SMARTS) is 1. The Labute approximate surface area is 143 Å². The van der Waals surface area contributed by atoms with E-state index in [1.54, 1.807) is 0 Å². The van der Waals surface area contributed by atoms with E-state index in [9.17, 15) is 20.0 Å². The highest BCUT2D eigenvalue weighted by molar-refractivity contribution is 5.96. The van der Waals surface area contributed by atoms with E-state index in [-0.39, 0.29) is 11.3 Å². The summed E-state index contributed by atoms with van der Waals surface area (Å²) in [5.74, 6) is -1.23. The highest BCUT2D eigenvalue weighted by Crippen LogP contribution is 2.27. The number of nitrogens with zero attached hydrogens (tertiary/aromatic N) is 1. The van der Waals surface area contributed by atoms with Crippen LogP contribution in [0.5, 0.6) is 0 Å². The summed E-state index contributed by atoms with van der Waals surface area (Å²) < 4.78 is 0. The van der Waals surface area contributed by atoms with Crippen molar-refractivity contribution in [1.29, 1.82) is 0 Å². The van der Waals surface area contributed by atoms with E-state index in [0.717, 1.165) is 17.2 Å². The van der Waals surface area contributed by atoms with Gasteiger partial charge >= 0.3 is 5.97 Å². The van der Waals surface area contributed by atoms with Crippen molar-refractivity contribution >= 4 is 23.0 Å². The largest absolute Gasteiger partial charge is 0.478 e. The maximum absolute atomic E-state index is 11.4. The maximum Gasteiger partial charge on any atom is 0.338 e. The predicted octanol–water partition coefficient (Wildman–Crippen LogP) is 4.70. The van der Waals surface area contributed by atoms with Crippen LogP contribution in [0.15, 0.2) is 72.8 Å². The molecule has 0 saturated heterocycles. The summed E-state index contributed by atoms with van der Waals surface area (Å²) in [7, 11) is 0. The number of rotatable bonds is 5. The second-order valence-electron chi connectivity index (χ2n) is 5.36. The SMILES string of the molecule is O=C(O)c1cc([N+](=O)[O-])ccc1Nc1ccc(-c2ccccc2)cc1. The molecule has 0 spiro atoms. The molecule has 0 bridgehead atoms. The summed E-state index contributed by atoms with van der Waals surface area (Å²) in [5, 5.41) is 23.1. The van der Waals surface area contributed by atoms with Crippen molar-refractivity contribution in [2.75, 3.05) is 5.32 Å². The lowest BCUT2D eigenvalue weighted by Gasteiger charge is -2.10. The van der Waals surface area contributed by atoms with Crippen molar-refractivity contribution in [2.45, 2.75) is 0 Å². The van der Waals surface area contributed by atoms with Crippen molar-refractivity contribution in [2.24, 2.45) is 0 Å². The van der Waals surface area contributed by atoms with Crippen molar-refractivity contribution in [1.82, 2.24) is 0 Å². The minimum Gasteiger partial charge on any atom is -0.478 e. The Morgan fingerprint density at radius 3 is 2.16 bits per heavy atom. The number of carbonyl (C=O) groups is 1. The molecule has 0 amide bonds. The number of anilines is 2. The first kappa shape index (κ1) is 16.2. The number of nitrogens with one attached hydrogen (secondary N) is 1. The zero-order valence-corrected chi connectivity index (χ0v) is 13.0. The third-order valence-corrected chi connectivity index (χ3v) is 3.72. The van der Waals surface area contributed by atoms with Gasteiger partial charge in [-0.2, -0.15) is 0 Å². The standard InChI is InChI=1S/C19H14N2O4/c22-19(23)17-12-16(21(24)25)10-11-18(17)20-15-8-6-14(7-9-15)13-4-2-1-3-5-13/h1-12,20H,(H,22,23). The molecule has 0 unspecified atom stereocenters. The van der Waals surface area contributed by atoms with Crippen molar-refractivity contribution in [3.8, 4) is 11.1 Å². The fourth-order valence-electron chi connectivity index (χ4n) is 2.46.